The molecular weight excluding hydrogens is 397 g/mol. The quantitative estimate of drug-likeness (QED) is 0.456. The number of carboxylic acid groups (broad SMARTS) is 1. The molecule has 1 atom stereocenters. The van der Waals surface area contributed by atoms with Gasteiger partial charge in [-0.3, -0.25) is 14.9 Å². The van der Waals surface area contributed by atoms with Gasteiger partial charge in [0.2, 0.25) is 0 Å². The number of rotatable bonds is 9. The van der Waals surface area contributed by atoms with Crippen LogP contribution in [-0.2, 0) is 16.1 Å². The number of carbonyl (C=O) groups is 1. The smallest absolute Gasteiger partial charge is 0.311 e. The van der Waals surface area contributed by atoms with Crippen molar-refractivity contribution >= 4 is 34.9 Å². The van der Waals surface area contributed by atoms with Crippen LogP contribution in [-0.4, -0.2) is 22.6 Å². The molecule has 0 heterocycles. The van der Waals surface area contributed by atoms with Crippen molar-refractivity contribution in [3.8, 4) is 5.75 Å². The first-order valence-corrected chi connectivity index (χ1v) is 8.75. The van der Waals surface area contributed by atoms with Crippen molar-refractivity contribution in [2.75, 3.05) is 6.61 Å². The summed E-state index contributed by atoms with van der Waals surface area (Å²) in [4.78, 5) is 21.8. The Bertz CT molecular complexity index is 843. The molecule has 0 radical (unpaired) electrons. The standard InChI is InChI=1S/C18H17Cl2NO6/c1-2-26-17(9-18(22)23)12-4-6-16(15(8-12)21(24)25)27-10-11-3-5-13(19)14(20)7-11/h3-8,17H,2,9-10H2,1H3,(H,22,23)/t17-/m1/s1. The van der Waals surface area contributed by atoms with Crippen LogP contribution in [0, 0.1) is 10.1 Å². The number of halogens is 2. The molecule has 9 heteroatoms. The fourth-order valence-electron chi connectivity index (χ4n) is 2.42. The van der Waals surface area contributed by atoms with Crippen molar-refractivity contribution < 1.29 is 24.3 Å². The third kappa shape index (κ3) is 5.82. The van der Waals surface area contributed by atoms with Crippen LogP contribution < -0.4 is 4.74 Å². The van der Waals surface area contributed by atoms with Crippen LogP contribution in [0.15, 0.2) is 36.4 Å². The van der Waals surface area contributed by atoms with E-state index in [9.17, 15) is 14.9 Å². The third-order valence-electron chi connectivity index (χ3n) is 3.66. The molecule has 0 aliphatic carbocycles. The third-order valence-corrected chi connectivity index (χ3v) is 4.40. The summed E-state index contributed by atoms with van der Waals surface area (Å²) < 4.78 is 11.0. The van der Waals surface area contributed by atoms with Crippen molar-refractivity contribution in [3.63, 3.8) is 0 Å². The minimum atomic E-state index is -1.06. The fraction of sp³-hybridized carbons (Fsp3) is 0.278. The molecule has 0 spiro atoms. The van der Waals surface area contributed by atoms with E-state index in [0.29, 0.717) is 21.2 Å². The summed E-state index contributed by atoms with van der Waals surface area (Å²) >= 11 is 11.8. The summed E-state index contributed by atoms with van der Waals surface area (Å²) in [5.41, 5.74) is 0.816. The average Bonchev–Trinajstić information content (AvgIpc) is 2.62. The van der Waals surface area contributed by atoms with Crippen LogP contribution in [0.5, 0.6) is 5.75 Å². The van der Waals surface area contributed by atoms with E-state index in [2.05, 4.69) is 0 Å². The molecule has 1 N–H and O–H groups in total. The number of nitrogens with zero attached hydrogens (tertiary/aromatic N) is 1. The van der Waals surface area contributed by atoms with Gasteiger partial charge < -0.3 is 14.6 Å². The predicted octanol–water partition coefficient (Wildman–Crippen LogP) is 5.03. The van der Waals surface area contributed by atoms with E-state index >= 15 is 0 Å². The molecule has 0 bridgehead atoms. The number of nitro benzene ring substituents is 1. The van der Waals surface area contributed by atoms with E-state index in [0.717, 1.165) is 0 Å². The van der Waals surface area contributed by atoms with Gasteiger partial charge in [-0.2, -0.15) is 0 Å². The first kappa shape index (κ1) is 21.0. The Morgan fingerprint density at radius 1 is 1.22 bits per heavy atom. The van der Waals surface area contributed by atoms with Crippen LogP contribution in [0.1, 0.15) is 30.6 Å². The number of hydrogen-bond donors (Lipinski definition) is 1. The van der Waals surface area contributed by atoms with Crippen LogP contribution in [0.2, 0.25) is 10.0 Å². The number of benzene rings is 2. The number of aliphatic carboxylic acids is 1. The molecule has 0 aliphatic rings. The van der Waals surface area contributed by atoms with Crippen molar-refractivity contribution in [2.45, 2.75) is 26.1 Å². The van der Waals surface area contributed by atoms with Crippen molar-refractivity contribution in [1.82, 2.24) is 0 Å². The molecular formula is C18H17Cl2NO6. The lowest BCUT2D eigenvalue weighted by molar-refractivity contribution is -0.386. The van der Waals surface area contributed by atoms with Gasteiger partial charge in [0.25, 0.3) is 0 Å². The van der Waals surface area contributed by atoms with Gasteiger partial charge in [0.15, 0.2) is 5.75 Å². The first-order chi connectivity index (χ1) is 12.8. The van der Waals surface area contributed by atoms with Crippen molar-refractivity contribution in [2.24, 2.45) is 0 Å². The number of hydrogen-bond acceptors (Lipinski definition) is 5. The van der Waals surface area contributed by atoms with Crippen molar-refractivity contribution in [1.29, 1.82) is 0 Å². The first-order valence-electron chi connectivity index (χ1n) is 8.00. The van der Waals surface area contributed by atoms with Gasteiger partial charge in [-0.05, 0) is 36.2 Å². The highest BCUT2D eigenvalue weighted by Gasteiger charge is 2.22. The van der Waals surface area contributed by atoms with E-state index < -0.39 is 17.0 Å². The molecule has 2 rings (SSSR count). The Balaban J connectivity index is 2.24. The van der Waals surface area contributed by atoms with Gasteiger partial charge in [0.1, 0.15) is 6.61 Å². The largest absolute Gasteiger partial charge is 0.482 e. The van der Waals surface area contributed by atoms with Gasteiger partial charge in [-0.15, -0.1) is 0 Å². The van der Waals surface area contributed by atoms with Crippen LogP contribution in [0.3, 0.4) is 0 Å². The summed E-state index contributed by atoms with van der Waals surface area (Å²) in [7, 11) is 0. The Morgan fingerprint density at radius 3 is 2.56 bits per heavy atom. The molecule has 2 aromatic rings. The van der Waals surface area contributed by atoms with Crippen LogP contribution in [0.4, 0.5) is 5.69 Å². The van der Waals surface area contributed by atoms with Gasteiger partial charge in [-0.25, -0.2) is 0 Å². The maximum atomic E-state index is 11.4. The normalized spacial score (nSPS) is 11.8. The molecule has 0 amide bonds. The van der Waals surface area contributed by atoms with E-state index in [-0.39, 0.29) is 31.1 Å². The summed E-state index contributed by atoms with van der Waals surface area (Å²) in [6.07, 6.45) is -1.08. The maximum absolute atomic E-state index is 11.4. The topological polar surface area (TPSA) is 98.9 Å². The zero-order valence-electron chi connectivity index (χ0n) is 14.4. The Morgan fingerprint density at radius 2 is 1.96 bits per heavy atom. The molecule has 0 fully saturated rings. The second-order valence-corrected chi connectivity index (χ2v) is 6.38. The second kappa shape index (κ2) is 9.55. The number of ether oxygens (including phenoxy) is 2. The highest BCUT2D eigenvalue weighted by Crippen LogP contribution is 2.33. The van der Waals surface area contributed by atoms with Gasteiger partial charge in [0, 0.05) is 12.7 Å². The molecule has 0 aromatic heterocycles. The molecule has 7 nitrogen and oxygen atoms in total. The fourth-order valence-corrected chi connectivity index (χ4v) is 2.74. The minimum Gasteiger partial charge on any atom is -0.482 e. The summed E-state index contributed by atoms with van der Waals surface area (Å²) in [5, 5.41) is 21.2. The maximum Gasteiger partial charge on any atom is 0.311 e. The number of carboxylic acids is 1. The Kier molecular flexibility index (Phi) is 7.41. The molecule has 0 unspecified atom stereocenters. The van der Waals surface area contributed by atoms with Crippen LogP contribution >= 0.6 is 23.2 Å². The lowest BCUT2D eigenvalue weighted by Crippen LogP contribution is -2.11. The lowest BCUT2D eigenvalue weighted by atomic mass is 10.1. The monoisotopic (exact) mass is 413 g/mol. The SMILES string of the molecule is CCO[C@H](CC(=O)O)c1ccc(OCc2ccc(Cl)c(Cl)c2)c([N+](=O)[O-])c1. The van der Waals surface area contributed by atoms with Gasteiger partial charge in [0.05, 0.1) is 27.5 Å². The lowest BCUT2D eigenvalue weighted by Gasteiger charge is -2.16. The minimum absolute atomic E-state index is 0.0559. The van der Waals surface area contributed by atoms with Gasteiger partial charge in [-0.1, -0.05) is 35.3 Å². The summed E-state index contributed by atoms with van der Waals surface area (Å²) in [5.74, 6) is -1.00. The highest BCUT2D eigenvalue weighted by molar-refractivity contribution is 6.42. The Hall–Kier alpha value is -2.35. The highest BCUT2D eigenvalue weighted by atomic mass is 35.5. The average molecular weight is 414 g/mol. The van der Waals surface area contributed by atoms with Crippen molar-refractivity contribution in [3.05, 3.63) is 67.7 Å². The zero-order valence-corrected chi connectivity index (χ0v) is 15.9. The molecule has 0 aliphatic heterocycles. The second-order valence-electron chi connectivity index (χ2n) is 5.56. The van der Waals surface area contributed by atoms with E-state index in [1.807, 2.05) is 0 Å². The number of nitro groups is 1. The van der Waals surface area contributed by atoms with E-state index in [4.69, 9.17) is 37.8 Å². The molecule has 0 saturated carbocycles. The summed E-state index contributed by atoms with van der Waals surface area (Å²) in [6, 6.07) is 9.18. The molecule has 27 heavy (non-hydrogen) atoms. The molecule has 2 aromatic carbocycles. The van der Waals surface area contributed by atoms with Gasteiger partial charge >= 0.3 is 11.7 Å². The van der Waals surface area contributed by atoms with E-state index in [1.165, 1.54) is 12.1 Å². The predicted molar refractivity (Wildman–Crippen MR) is 101 cm³/mol. The Labute approximate surface area is 165 Å². The molecule has 0 saturated heterocycles. The summed E-state index contributed by atoms with van der Waals surface area (Å²) in [6.45, 7) is 2.06. The van der Waals surface area contributed by atoms with Crippen LogP contribution in [0.25, 0.3) is 0 Å². The van der Waals surface area contributed by atoms with E-state index in [1.54, 1.807) is 31.2 Å². The zero-order chi connectivity index (χ0) is 20.0. The molecule has 144 valence electrons.